The number of hydrogen-bond acceptors (Lipinski definition) is 8. The molecule has 0 spiro atoms. The van der Waals surface area contributed by atoms with Crippen LogP contribution in [0.5, 0.6) is 6.01 Å². The second kappa shape index (κ2) is 6.91. The summed E-state index contributed by atoms with van der Waals surface area (Å²) in [6.45, 7) is 4.03. The zero-order valence-electron chi connectivity index (χ0n) is 12.4. The van der Waals surface area contributed by atoms with Crippen LogP contribution in [0, 0.1) is 0 Å². The number of amides is 1. The van der Waals surface area contributed by atoms with E-state index in [-0.39, 0.29) is 12.1 Å². The van der Waals surface area contributed by atoms with Gasteiger partial charge in [0.2, 0.25) is 11.9 Å². The maximum absolute atomic E-state index is 11.2. The fourth-order valence-electron chi connectivity index (χ4n) is 2.10. The number of nitrogens with zero attached hydrogens (tertiary/aromatic N) is 4. The normalized spacial score (nSPS) is 17.5. The summed E-state index contributed by atoms with van der Waals surface area (Å²) in [5.41, 5.74) is 0. The van der Waals surface area contributed by atoms with E-state index in [4.69, 9.17) is 4.74 Å². The van der Waals surface area contributed by atoms with Crippen molar-refractivity contribution in [3.8, 4) is 6.01 Å². The highest BCUT2D eigenvalue weighted by atomic mass is 16.5. The Bertz CT molecular complexity index is 498. The Hall–Kier alpha value is -2.32. The number of nitrogens with one attached hydrogen (secondary N) is 2. The lowest BCUT2D eigenvalue weighted by molar-refractivity contribution is 0.167. The summed E-state index contributed by atoms with van der Waals surface area (Å²) in [6.07, 6.45) is 0.378. The first kappa shape index (κ1) is 15.1. The lowest BCUT2D eigenvalue weighted by atomic mass is 10.3. The third-order valence-electron chi connectivity index (χ3n) is 3.10. The summed E-state index contributed by atoms with van der Waals surface area (Å²) < 4.78 is 9.69. The summed E-state index contributed by atoms with van der Waals surface area (Å²) in [5.74, 6) is 1.01. The first-order chi connectivity index (χ1) is 10.2. The standard InChI is InChI=1S/C12H20N6O3/c1-4-13-9-15-10(17-11(16-9)20-2)18-6-5-8(7-18)14-12(19)21-3/h8H,4-7H2,1-3H3,(H,14,19)(H,13,15,16,17). The number of carbonyl (C=O) groups is 1. The SMILES string of the molecule is CCNc1nc(OC)nc(N2CCC(NC(=O)OC)C2)n1. The van der Waals surface area contributed by atoms with Crippen molar-refractivity contribution in [2.75, 3.05) is 44.1 Å². The number of hydrogen-bond donors (Lipinski definition) is 2. The molecular formula is C12H20N6O3. The van der Waals surface area contributed by atoms with Crippen LogP contribution >= 0.6 is 0 Å². The van der Waals surface area contributed by atoms with Crippen molar-refractivity contribution >= 4 is 18.0 Å². The second-order valence-electron chi connectivity index (χ2n) is 4.54. The molecule has 0 radical (unpaired) electrons. The van der Waals surface area contributed by atoms with Crippen LogP contribution in [0.2, 0.25) is 0 Å². The minimum atomic E-state index is -0.427. The number of carbonyl (C=O) groups excluding carboxylic acids is 1. The van der Waals surface area contributed by atoms with E-state index in [0.717, 1.165) is 13.0 Å². The van der Waals surface area contributed by atoms with Crippen molar-refractivity contribution < 1.29 is 14.3 Å². The monoisotopic (exact) mass is 296 g/mol. The zero-order valence-corrected chi connectivity index (χ0v) is 12.4. The van der Waals surface area contributed by atoms with Gasteiger partial charge in [-0.1, -0.05) is 0 Å². The topological polar surface area (TPSA) is 102 Å². The molecule has 9 heteroatoms. The highest BCUT2D eigenvalue weighted by Gasteiger charge is 2.26. The first-order valence-electron chi connectivity index (χ1n) is 6.79. The zero-order chi connectivity index (χ0) is 15.2. The minimum absolute atomic E-state index is 0.0165. The fourth-order valence-corrected chi connectivity index (χ4v) is 2.10. The Balaban J connectivity index is 2.08. The van der Waals surface area contributed by atoms with Crippen LogP contribution < -0.4 is 20.3 Å². The summed E-state index contributed by atoms with van der Waals surface area (Å²) in [7, 11) is 2.86. The van der Waals surface area contributed by atoms with E-state index in [2.05, 4.69) is 30.3 Å². The van der Waals surface area contributed by atoms with Crippen molar-refractivity contribution in [3.63, 3.8) is 0 Å². The van der Waals surface area contributed by atoms with Crippen LogP contribution in [0.15, 0.2) is 0 Å². The molecule has 1 fully saturated rings. The molecule has 9 nitrogen and oxygen atoms in total. The molecule has 2 heterocycles. The average Bonchev–Trinajstić information content (AvgIpc) is 2.95. The van der Waals surface area contributed by atoms with E-state index in [1.165, 1.54) is 14.2 Å². The van der Waals surface area contributed by atoms with Crippen molar-refractivity contribution in [3.05, 3.63) is 0 Å². The van der Waals surface area contributed by atoms with Gasteiger partial charge in [-0.15, -0.1) is 0 Å². The van der Waals surface area contributed by atoms with Crippen LogP contribution in [0.3, 0.4) is 0 Å². The molecule has 116 valence electrons. The lowest BCUT2D eigenvalue weighted by Gasteiger charge is -2.17. The van der Waals surface area contributed by atoms with Gasteiger partial charge in [-0.25, -0.2) is 4.79 Å². The van der Waals surface area contributed by atoms with Gasteiger partial charge < -0.3 is 25.0 Å². The maximum atomic E-state index is 11.2. The molecule has 21 heavy (non-hydrogen) atoms. The molecule has 1 unspecified atom stereocenters. The van der Waals surface area contributed by atoms with E-state index in [9.17, 15) is 4.79 Å². The smallest absolute Gasteiger partial charge is 0.407 e. The molecule has 1 atom stereocenters. The Kier molecular flexibility index (Phi) is 4.96. The highest BCUT2D eigenvalue weighted by molar-refractivity contribution is 5.67. The fraction of sp³-hybridized carbons (Fsp3) is 0.667. The Morgan fingerprint density at radius 1 is 1.38 bits per heavy atom. The maximum Gasteiger partial charge on any atom is 0.407 e. The van der Waals surface area contributed by atoms with Gasteiger partial charge in [0.05, 0.1) is 20.3 Å². The van der Waals surface area contributed by atoms with Gasteiger partial charge in [-0.2, -0.15) is 15.0 Å². The molecule has 0 aromatic carbocycles. The van der Waals surface area contributed by atoms with Crippen LogP contribution in [0.4, 0.5) is 16.7 Å². The van der Waals surface area contributed by atoms with Gasteiger partial charge in [-0.3, -0.25) is 0 Å². The molecule has 2 rings (SSSR count). The summed E-state index contributed by atoms with van der Waals surface area (Å²) in [5, 5.41) is 5.82. The number of ether oxygens (including phenoxy) is 2. The van der Waals surface area contributed by atoms with E-state index in [1.807, 2.05) is 11.8 Å². The number of methoxy groups -OCH3 is 2. The number of aromatic nitrogens is 3. The predicted octanol–water partition coefficient (Wildman–Crippen LogP) is 0.247. The predicted molar refractivity (Wildman–Crippen MR) is 76.7 cm³/mol. The Morgan fingerprint density at radius 2 is 2.19 bits per heavy atom. The van der Waals surface area contributed by atoms with Crippen LogP contribution in [-0.2, 0) is 4.74 Å². The van der Waals surface area contributed by atoms with Gasteiger partial charge in [0, 0.05) is 19.6 Å². The average molecular weight is 296 g/mol. The molecule has 0 bridgehead atoms. The van der Waals surface area contributed by atoms with Crippen molar-refractivity contribution in [1.82, 2.24) is 20.3 Å². The third kappa shape index (κ3) is 3.83. The Morgan fingerprint density at radius 3 is 2.86 bits per heavy atom. The third-order valence-corrected chi connectivity index (χ3v) is 3.10. The molecule has 1 aliphatic rings. The molecule has 0 aliphatic carbocycles. The molecule has 2 N–H and O–H groups in total. The van der Waals surface area contributed by atoms with E-state index in [1.54, 1.807) is 0 Å². The molecule has 0 saturated carbocycles. The Labute approximate surface area is 123 Å². The van der Waals surface area contributed by atoms with Crippen LogP contribution in [0.25, 0.3) is 0 Å². The summed E-state index contributed by atoms with van der Waals surface area (Å²) in [6, 6.07) is 0.281. The quantitative estimate of drug-likeness (QED) is 0.797. The second-order valence-corrected chi connectivity index (χ2v) is 4.54. The van der Waals surface area contributed by atoms with Crippen molar-refractivity contribution in [1.29, 1.82) is 0 Å². The van der Waals surface area contributed by atoms with Crippen LogP contribution in [0.1, 0.15) is 13.3 Å². The summed E-state index contributed by atoms with van der Waals surface area (Å²) in [4.78, 5) is 25.9. The van der Waals surface area contributed by atoms with Crippen LogP contribution in [-0.4, -0.2) is 60.9 Å². The van der Waals surface area contributed by atoms with Gasteiger partial charge in [0.25, 0.3) is 0 Å². The van der Waals surface area contributed by atoms with Gasteiger partial charge in [-0.05, 0) is 13.3 Å². The van der Waals surface area contributed by atoms with Gasteiger partial charge in [0.1, 0.15) is 0 Å². The summed E-state index contributed by atoms with van der Waals surface area (Å²) >= 11 is 0. The number of anilines is 2. The van der Waals surface area contributed by atoms with Gasteiger partial charge in [0.15, 0.2) is 0 Å². The minimum Gasteiger partial charge on any atom is -0.467 e. The van der Waals surface area contributed by atoms with Crippen molar-refractivity contribution in [2.24, 2.45) is 0 Å². The highest BCUT2D eigenvalue weighted by Crippen LogP contribution is 2.19. The molecule has 1 saturated heterocycles. The number of alkyl carbamates (subject to hydrolysis) is 1. The molecule has 1 aliphatic heterocycles. The number of rotatable bonds is 5. The molecule has 1 amide bonds. The largest absolute Gasteiger partial charge is 0.467 e. The van der Waals surface area contributed by atoms with Gasteiger partial charge >= 0.3 is 12.1 Å². The molecule has 1 aromatic rings. The van der Waals surface area contributed by atoms with Crippen molar-refractivity contribution in [2.45, 2.75) is 19.4 Å². The lowest BCUT2D eigenvalue weighted by Crippen LogP contribution is -2.37. The van der Waals surface area contributed by atoms with E-state index in [0.29, 0.717) is 25.0 Å². The van der Waals surface area contributed by atoms with E-state index < -0.39 is 6.09 Å². The molecule has 1 aromatic heterocycles. The van der Waals surface area contributed by atoms with E-state index >= 15 is 0 Å². The first-order valence-corrected chi connectivity index (χ1v) is 6.79. The molecular weight excluding hydrogens is 276 g/mol.